The van der Waals surface area contributed by atoms with Crippen LogP contribution in [0.15, 0.2) is 35.4 Å². The van der Waals surface area contributed by atoms with E-state index in [0.717, 1.165) is 24.5 Å². The molecular formula is C17H17F3N2O2S2. The van der Waals surface area contributed by atoms with Gasteiger partial charge in [-0.2, -0.15) is 13.2 Å². The lowest BCUT2D eigenvalue weighted by atomic mass is 10.1. The number of ether oxygens (including phenoxy) is 1. The maximum absolute atomic E-state index is 12.6. The molecule has 1 saturated heterocycles. The van der Waals surface area contributed by atoms with Gasteiger partial charge in [0, 0.05) is 24.1 Å². The van der Waals surface area contributed by atoms with E-state index in [9.17, 15) is 18.0 Å². The molecule has 0 spiro atoms. The van der Waals surface area contributed by atoms with E-state index in [0.29, 0.717) is 11.5 Å². The number of alkyl halides is 3. The molecule has 1 atom stereocenters. The predicted octanol–water partition coefficient (Wildman–Crippen LogP) is 4.60. The van der Waals surface area contributed by atoms with Crippen LogP contribution in [0.1, 0.15) is 28.1 Å². The molecule has 9 heteroatoms. The summed E-state index contributed by atoms with van der Waals surface area (Å²) in [5, 5.41) is 0.744. The van der Waals surface area contributed by atoms with Gasteiger partial charge in [-0.15, -0.1) is 0 Å². The summed E-state index contributed by atoms with van der Waals surface area (Å²) in [6.07, 6.45) is 3.54. The maximum Gasteiger partial charge on any atom is 0.446 e. The molecule has 1 aromatic heterocycles. The van der Waals surface area contributed by atoms with Crippen LogP contribution in [0, 0.1) is 0 Å². The van der Waals surface area contributed by atoms with Gasteiger partial charge in [-0.05, 0) is 36.7 Å². The Morgan fingerprint density at radius 2 is 2.27 bits per heavy atom. The van der Waals surface area contributed by atoms with E-state index in [2.05, 4.69) is 9.88 Å². The number of nitrogens with zero attached hydrogens (tertiary/aromatic N) is 2. The third kappa shape index (κ3) is 4.57. The molecule has 0 amide bonds. The summed E-state index contributed by atoms with van der Waals surface area (Å²) in [7, 11) is 1.65. The summed E-state index contributed by atoms with van der Waals surface area (Å²) >= 11 is 1.03. The minimum Gasteiger partial charge on any atom is -0.383 e. The average Bonchev–Trinajstić information content (AvgIpc) is 3.22. The first-order chi connectivity index (χ1) is 12.4. The minimum absolute atomic E-state index is 0.00668. The van der Waals surface area contributed by atoms with Gasteiger partial charge in [-0.3, -0.25) is 4.79 Å². The molecule has 1 aromatic carbocycles. The van der Waals surface area contributed by atoms with Crippen molar-refractivity contribution < 1.29 is 22.7 Å². The SMILES string of the molecule is COC[C@H]1CCCN1c1ncc(C(=O)c2cccc(SC(F)(F)F)c2)s1. The average molecular weight is 402 g/mol. The second kappa shape index (κ2) is 7.98. The molecule has 0 bridgehead atoms. The van der Waals surface area contributed by atoms with E-state index < -0.39 is 5.51 Å². The Morgan fingerprint density at radius 3 is 3.00 bits per heavy atom. The van der Waals surface area contributed by atoms with E-state index in [1.54, 1.807) is 7.11 Å². The summed E-state index contributed by atoms with van der Waals surface area (Å²) in [6.45, 7) is 1.45. The molecule has 0 saturated carbocycles. The number of benzene rings is 1. The predicted molar refractivity (Wildman–Crippen MR) is 96.1 cm³/mol. The lowest BCUT2D eigenvalue weighted by molar-refractivity contribution is -0.0328. The Balaban J connectivity index is 1.77. The Kier molecular flexibility index (Phi) is 5.89. The monoisotopic (exact) mass is 402 g/mol. The molecular weight excluding hydrogens is 385 g/mol. The summed E-state index contributed by atoms with van der Waals surface area (Å²) < 4.78 is 42.8. The van der Waals surface area contributed by atoms with Crippen LogP contribution in [0.25, 0.3) is 0 Å². The lowest BCUT2D eigenvalue weighted by Crippen LogP contribution is -2.32. The maximum atomic E-state index is 12.6. The molecule has 1 aliphatic heterocycles. The molecule has 0 aliphatic carbocycles. The van der Waals surface area contributed by atoms with Crippen molar-refractivity contribution in [1.82, 2.24) is 4.98 Å². The second-order valence-corrected chi connectivity index (χ2v) is 8.00. The minimum atomic E-state index is -4.38. The first-order valence-electron chi connectivity index (χ1n) is 7.99. The lowest BCUT2D eigenvalue weighted by Gasteiger charge is -2.22. The number of halogens is 3. The third-order valence-corrected chi connectivity index (χ3v) is 5.78. The quantitative estimate of drug-likeness (QED) is 0.522. The van der Waals surface area contributed by atoms with Gasteiger partial charge in [-0.25, -0.2) is 4.98 Å². The van der Waals surface area contributed by atoms with Crippen molar-refractivity contribution in [1.29, 1.82) is 0 Å². The van der Waals surface area contributed by atoms with Crippen LogP contribution < -0.4 is 4.90 Å². The number of aromatic nitrogens is 1. The van der Waals surface area contributed by atoms with Crippen molar-refractivity contribution >= 4 is 34.0 Å². The topological polar surface area (TPSA) is 42.4 Å². The Labute approximate surface area is 157 Å². The number of carbonyl (C=O) groups excluding carboxylic acids is 1. The van der Waals surface area contributed by atoms with Crippen LogP contribution in [-0.2, 0) is 4.74 Å². The second-order valence-electron chi connectivity index (χ2n) is 5.86. The number of rotatable bonds is 6. The van der Waals surface area contributed by atoms with Gasteiger partial charge in [0.05, 0.1) is 23.7 Å². The molecule has 140 valence electrons. The Hall–Kier alpha value is -1.58. The molecule has 3 rings (SSSR count). The van der Waals surface area contributed by atoms with Crippen LogP contribution in [0.3, 0.4) is 0 Å². The fourth-order valence-electron chi connectivity index (χ4n) is 2.93. The summed E-state index contributed by atoms with van der Waals surface area (Å²) in [4.78, 5) is 19.5. The van der Waals surface area contributed by atoms with Crippen LogP contribution in [-0.4, -0.2) is 42.6 Å². The molecule has 0 N–H and O–H groups in total. The van der Waals surface area contributed by atoms with Gasteiger partial charge in [0.1, 0.15) is 0 Å². The number of anilines is 1. The highest BCUT2D eigenvalue weighted by atomic mass is 32.2. The highest BCUT2D eigenvalue weighted by molar-refractivity contribution is 8.00. The van der Waals surface area contributed by atoms with Gasteiger partial charge in [0.25, 0.3) is 0 Å². The van der Waals surface area contributed by atoms with Gasteiger partial charge in [0.2, 0.25) is 5.78 Å². The van der Waals surface area contributed by atoms with Gasteiger partial charge >= 0.3 is 5.51 Å². The fraction of sp³-hybridized carbons (Fsp3) is 0.412. The van der Waals surface area contributed by atoms with Crippen LogP contribution in [0.2, 0.25) is 0 Å². The van der Waals surface area contributed by atoms with E-state index in [1.807, 2.05) is 0 Å². The number of thioether (sulfide) groups is 1. The Bertz CT molecular complexity index is 779. The first kappa shape index (κ1) is 19.2. The van der Waals surface area contributed by atoms with Gasteiger partial charge < -0.3 is 9.64 Å². The van der Waals surface area contributed by atoms with Crippen LogP contribution >= 0.6 is 23.1 Å². The number of hydrogen-bond acceptors (Lipinski definition) is 6. The number of ketones is 1. The van der Waals surface area contributed by atoms with E-state index in [4.69, 9.17) is 4.74 Å². The number of thiazole rings is 1. The molecule has 0 radical (unpaired) electrons. The van der Waals surface area contributed by atoms with E-state index >= 15 is 0 Å². The molecule has 26 heavy (non-hydrogen) atoms. The van der Waals surface area contributed by atoms with Crippen LogP contribution in [0.5, 0.6) is 0 Å². The van der Waals surface area contributed by atoms with Crippen molar-refractivity contribution in [3.63, 3.8) is 0 Å². The molecule has 1 aliphatic rings. The van der Waals surface area contributed by atoms with E-state index in [1.165, 1.54) is 41.8 Å². The molecule has 2 aromatic rings. The summed E-state index contributed by atoms with van der Waals surface area (Å²) in [5.74, 6) is -0.319. The molecule has 4 nitrogen and oxygen atoms in total. The standard InChI is InChI=1S/C17H17F3N2O2S2/c1-24-10-12-5-3-7-22(12)16-21-9-14(25-16)15(23)11-4-2-6-13(8-11)26-17(18,19)20/h2,4,6,8-9,12H,3,5,7,10H2,1H3/t12-/m1/s1. The fourth-order valence-corrected chi connectivity index (χ4v) is 4.51. The van der Waals surface area contributed by atoms with Crippen molar-refractivity contribution in [2.45, 2.75) is 29.3 Å². The zero-order valence-corrected chi connectivity index (χ0v) is 15.6. The van der Waals surface area contributed by atoms with Crippen molar-refractivity contribution in [3.05, 3.63) is 40.9 Å². The van der Waals surface area contributed by atoms with Gasteiger partial charge in [-0.1, -0.05) is 23.5 Å². The zero-order chi connectivity index (χ0) is 18.7. The summed E-state index contributed by atoms with van der Waals surface area (Å²) in [6, 6.07) is 5.82. The smallest absolute Gasteiger partial charge is 0.383 e. The first-order valence-corrected chi connectivity index (χ1v) is 9.62. The highest BCUT2D eigenvalue weighted by Gasteiger charge is 2.30. The number of carbonyl (C=O) groups is 1. The summed E-state index contributed by atoms with van der Waals surface area (Å²) in [5.41, 5.74) is -4.16. The molecule has 1 fully saturated rings. The highest BCUT2D eigenvalue weighted by Crippen LogP contribution is 2.37. The third-order valence-electron chi connectivity index (χ3n) is 4.03. The number of methoxy groups -OCH3 is 1. The van der Waals surface area contributed by atoms with Crippen molar-refractivity contribution in [2.24, 2.45) is 0 Å². The van der Waals surface area contributed by atoms with E-state index in [-0.39, 0.29) is 34.0 Å². The zero-order valence-electron chi connectivity index (χ0n) is 14.0. The molecule has 2 heterocycles. The van der Waals surface area contributed by atoms with Crippen molar-refractivity contribution in [2.75, 3.05) is 25.2 Å². The number of hydrogen-bond donors (Lipinski definition) is 0. The Morgan fingerprint density at radius 1 is 1.46 bits per heavy atom. The largest absolute Gasteiger partial charge is 0.446 e. The van der Waals surface area contributed by atoms with Crippen molar-refractivity contribution in [3.8, 4) is 0 Å². The van der Waals surface area contributed by atoms with Gasteiger partial charge in [0.15, 0.2) is 5.13 Å². The molecule has 0 unspecified atom stereocenters. The normalized spacial score (nSPS) is 17.7. The van der Waals surface area contributed by atoms with Crippen LogP contribution in [0.4, 0.5) is 18.3 Å².